The third-order valence-corrected chi connectivity index (χ3v) is 3.49. The second kappa shape index (κ2) is 6.44. The zero-order chi connectivity index (χ0) is 12.8. The number of hydrogen-bond acceptors (Lipinski definition) is 4. The van der Waals surface area contributed by atoms with Gasteiger partial charge in [-0.25, -0.2) is 4.98 Å². The number of hydrogen-bond donors (Lipinski definition) is 1. The third-order valence-electron chi connectivity index (χ3n) is 2.47. The Kier molecular flexibility index (Phi) is 4.64. The highest BCUT2D eigenvalue weighted by Crippen LogP contribution is 2.22. The number of aromatic nitrogens is 3. The molecule has 0 saturated heterocycles. The number of thioether (sulfide) groups is 1. The molecule has 0 aromatic carbocycles. The lowest BCUT2D eigenvalue weighted by molar-refractivity contribution is 0.766. The molecule has 0 bridgehead atoms. The van der Waals surface area contributed by atoms with Gasteiger partial charge < -0.3 is 5.32 Å². The summed E-state index contributed by atoms with van der Waals surface area (Å²) in [7, 11) is 1.93. The van der Waals surface area contributed by atoms with Crippen molar-refractivity contribution >= 4 is 17.6 Å². The Hall–Kier alpha value is -1.49. The van der Waals surface area contributed by atoms with Crippen molar-refractivity contribution in [3.05, 3.63) is 36.3 Å². The van der Waals surface area contributed by atoms with Gasteiger partial charge in [0, 0.05) is 36.6 Å². The van der Waals surface area contributed by atoms with Gasteiger partial charge in [0.05, 0.1) is 6.20 Å². The van der Waals surface area contributed by atoms with Crippen molar-refractivity contribution in [3.8, 4) is 0 Å². The first-order valence-corrected chi connectivity index (χ1v) is 7.06. The highest BCUT2D eigenvalue weighted by atomic mass is 32.2. The van der Waals surface area contributed by atoms with Gasteiger partial charge in [0.1, 0.15) is 5.82 Å². The number of aryl methyl sites for hydroxylation is 1. The van der Waals surface area contributed by atoms with Crippen molar-refractivity contribution < 1.29 is 0 Å². The van der Waals surface area contributed by atoms with Crippen molar-refractivity contribution in [1.29, 1.82) is 0 Å². The van der Waals surface area contributed by atoms with Crippen LogP contribution >= 0.6 is 11.8 Å². The fourth-order valence-corrected chi connectivity index (χ4v) is 2.42. The maximum absolute atomic E-state index is 4.30. The molecule has 0 fully saturated rings. The van der Waals surface area contributed by atoms with Gasteiger partial charge >= 0.3 is 0 Å². The summed E-state index contributed by atoms with van der Waals surface area (Å²) in [6, 6.07) is 4.17. The molecule has 2 aromatic rings. The van der Waals surface area contributed by atoms with E-state index in [1.165, 1.54) is 10.5 Å². The molecule has 0 aliphatic carbocycles. The summed E-state index contributed by atoms with van der Waals surface area (Å²) in [5.41, 5.74) is 1.28. The van der Waals surface area contributed by atoms with Crippen LogP contribution in [0.3, 0.4) is 0 Å². The van der Waals surface area contributed by atoms with Crippen LogP contribution in [0.15, 0.2) is 35.6 Å². The van der Waals surface area contributed by atoms with Gasteiger partial charge in [-0.1, -0.05) is 6.92 Å². The third kappa shape index (κ3) is 3.77. The molecule has 4 nitrogen and oxygen atoms in total. The van der Waals surface area contributed by atoms with Gasteiger partial charge in [-0.3, -0.25) is 4.68 Å². The van der Waals surface area contributed by atoms with Crippen molar-refractivity contribution in [2.24, 2.45) is 7.05 Å². The van der Waals surface area contributed by atoms with E-state index >= 15 is 0 Å². The molecule has 0 spiro atoms. The molecule has 2 rings (SSSR count). The summed E-state index contributed by atoms with van der Waals surface area (Å²) in [4.78, 5) is 5.49. The summed E-state index contributed by atoms with van der Waals surface area (Å²) in [6.45, 7) is 3.11. The van der Waals surface area contributed by atoms with E-state index in [2.05, 4.69) is 34.5 Å². The SMILES string of the molecule is CCCNc1cc(CSc2cnn(C)c2)ccn1. The Labute approximate surface area is 112 Å². The Morgan fingerprint density at radius 1 is 1.44 bits per heavy atom. The highest BCUT2D eigenvalue weighted by molar-refractivity contribution is 7.98. The van der Waals surface area contributed by atoms with Gasteiger partial charge in [-0.2, -0.15) is 5.10 Å². The molecule has 0 radical (unpaired) electrons. The molecule has 0 aliphatic rings. The van der Waals surface area contributed by atoms with Crippen molar-refractivity contribution in [2.75, 3.05) is 11.9 Å². The van der Waals surface area contributed by atoms with Crippen LogP contribution in [0.1, 0.15) is 18.9 Å². The second-order valence-electron chi connectivity index (χ2n) is 4.11. The summed E-state index contributed by atoms with van der Waals surface area (Å²) in [5, 5.41) is 7.46. The Morgan fingerprint density at radius 2 is 2.33 bits per heavy atom. The van der Waals surface area contributed by atoms with Crippen LogP contribution in [0, 0.1) is 0 Å². The lowest BCUT2D eigenvalue weighted by Crippen LogP contribution is -2.01. The molecule has 0 unspecified atom stereocenters. The lowest BCUT2D eigenvalue weighted by atomic mass is 10.3. The lowest BCUT2D eigenvalue weighted by Gasteiger charge is -2.05. The molecule has 5 heteroatoms. The van der Waals surface area contributed by atoms with E-state index in [1.54, 1.807) is 11.8 Å². The van der Waals surface area contributed by atoms with Crippen molar-refractivity contribution in [3.63, 3.8) is 0 Å². The predicted octanol–water partition coefficient (Wildman–Crippen LogP) is 2.93. The Morgan fingerprint density at radius 3 is 3.06 bits per heavy atom. The summed E-state index contributed by atoms with van der Waals surface area (Å²) >= 11 is 1.79. The number of rotatable bonds is 6. The normalized spacial score (nSPS) is 10.6. The van der Waals surface area contributed by atoms with Gasteiger partial charge in [0.25, 0.3) is 0 Å². The summed E-state index contributed by atoms with van der Waals surface area (Å²) in [6.07, 6.45) is 6.89. The molecule has 18 heavy (non-hydrogen) atoms. The first-order chi connectivity index (χ1) is 8.78. The van der Waals surface area contributed by atoms with Crippen molar-refractivity contribution in [2.45, 2.75) is 24.0 Å². The molecule has 2 aromatic heterocycles. The zero-order valence-corrected chi connectivity index (χ0v) is 11.6. The van der Waals surface area contributed by atoms with Crippen LogP contribution in [-0.2, 0) is 12.8 Å². The number of nitrogens with zero attached hydrogens (tertiary/aromatic N) is 3. The van der Waals surface area contributed by atoms with E-state index in [1.807, 2.05) is 30.3 Å². The van der Waals surface area contributed by atoms with Crippen LogP contribution in [0.4, 0.5) is 5.82 Å². The van der Waals surface area contributed by atoms with E-state index in [-0.39, 0.29) is 0 Å². The van der Waals surface area contributed by atoms with E-state index in [9.17, 15) is 0 Å². The van der Waals surface area contributed by atoms with E-state index < -0.39 is 0 Å². The van der Waals surface area contributed by atoms with Crippen LogP contribution < -0.4 is 5.32 Å². The van der Waals surface area contributed by atoms with Gasteiger partial charge in [-0.15, -0.1) is 11.8 Å². The Bertz CT molecular complexity index is 495. The fourth-order valence-electron chi connectivity index (χ4n) is 1.55. The molecule has 96 valence electrons. The second-order valence-corrected chi connectivity index (χ2v) is 5.16. The van der Waals surface area contributed by atoms with Crippen LogP contribution in [0.2, 0.25) is 0 Å². The zero-order valence-electron chi connectivity index (χ0n) is 10.8. The minimum Gasteiger partial charge on any atom is -0.370 e. The molecular weight excluding hydrogens is 244 g/mol. The molecule has 0 aliphatic heterocycles. The van der Waals surface area contributed by atoms with E-state index in [4.69, 9.17) is 0 Å². The number of nitrogens with one attached hydrogen (secondary N) is 1. The average molecular weight is 262 g/mol. The number of anilines is 1. The predicted molar refractivity (Wildman–Crippen MR) is 75.8 cm³/mol. The monoisotopic (exact) mass is 262 g/mol. The summed E-state index contributed by atoms with van der Waals surface area (Å²) < 4.78 is 1.82. The van der Waals surface area contributed by atoms with Gasteiger partial charge in [0.15, 0.2) is 0 Å². The maximum Gasteiger partial charge on any atom is 0.126 e. The van der Waals surface area contributed by atoms with Crippen LogP contribution in [0.25, 0.3) is 0 Å². The minimum absolute atomic E-state index is 0.940. The largest absolute Gasteiger partial charge is 0.370 e. The highest BCUT2D eigenvalue weighted by Gasteiger charge is 2.00. The minimum atomic E-state index is 0.940. The molecule has 0 amide bonds. The fraction of sp³-hybridized carbons (Fsp3) is 0.385. The molecular formula is C13H18N4S. The first-order valence-electron chi connectivity index (χ1n) is 6.08. The van der Waals surface area contributed by atoms with Crippen LogP contribution in [-0.4, -0.2) is 21.3 Å². The van der Waals surface area contributed by atoms with Crippen molar-refractivity contribution in [1.82, 2.24) is 14.8 Å². The van der Waals surface area contributed by atoms with Gasteiger partial charge in [-0.05, 0) is 24.1 Å². The molecule has 0 saturated carbocycles. The average Bonchev–Trinajstić information content (AvgIpc) is 2.80. The molecule has 0 atom stereocenters. The van der Waals surface area contributed by atoms with Crippen LogP contribution in [0.5, 0.6) is 0 Å². The first kappa shape index (κ1) is 13.0. The van der Waals surface area contributed by atoms with Gasteiger partial charge in [0.2, 0.25) is 0 Å². The molecule has 2 heterocycles. The topological polar surface area (TPSA) is 42.7 Å². The van der Waals surface area contributed by atoms with E-state index in [0.29, 0.717) is 0 Å². The quantitative estimate of drug-likeness (QED) is 0.813. The standard InChI is InChI=1S/C13H18N4S/c1-3-5-14-13-7-11(4-6-15-13)10-18-12-8-16-17(2)9-12/h4,6-9H,3,5,10H2,1-2H3,(H,14,15). The maximum atomic E-state index is 4.30. The van der Waals surface area contributed by atoms with E-state index in [0.717, 1.165) is 24.5 Å². The smallest absolute Gasteiger partial charge is 0.126 e. The summed E-state index contributed by atoms with van der Waals surface area (Å²) in [5.74, 6) is 1.90. The molecule has 1 N–H and O–H groups in total. The Balaban J connectivity index is 1.92. The number of pyridine rings is 1.